The summed E-state index contributed by atoms with van der Waals surface area (Å²) >= 11 is 1.84. The number of carboxylic acid groups (broad SMARTS) is 1. The van der Waals surface area contributed by atoms with Crippen molar-refractivity contribution < 1.29 is 18.3 Å². The number of hydrogen-bond acceptors (Lipinski definition) is 4. The molecule has 8 heteroatoms. The summed E-state index contributed by atoms with van der Waals surface area (Å²) in [5.74, 6) is -1.15. The van der Waals surface area contributed by atoms with E-state index in [0.29, 0.717) is 16.5 Å². The van der Waals surface area contributed by atoms with Crippen molar-refractivity contribution in [2.75, 3.05) is 13.1 Å². The molecule has 0 saturated carbocycles. The van der Waals surface area contributed by atoms with Crippen molar-refractivity contribution in [3.63, 3.8) is 0 Å². The molecule has 4 N–H and O–H groups in total. The normalized spacial score (nSPS) is 11.4. The number of rotatable bonds is 6. The smallest absolute Gasteiger partial charge is 0.336 e. The maximum atomic E-state index is 11.8. The van der Waals surface area contributed by atoms with Gasteiger partial charge >= 0.3 is 5.97 Å². The molecule has 0 atom stereocenters. The zero-order valence-electron chi connectivity index (χ0n) is 9.39. The molecule has 0 aliphatic rings. The molecule has 0 unspecified atom stereocenters. The van der Waals surface area contributed by atoms with Crippen LogP contribution in [0.4, 0.5) is 0 Å². The van der Waals surface area contributed by atoms with E-state index in [9.17, 15) is 13.2 Å². The SMILES string of the molecule is NCCCNS(=O)(=O)c1ccc(I)c(C(=O)O)c1. The van der Waals surface area contributed by atoms with Gasteiger partial charge in [0.05, 0.1) is 10.5 Å². The zero-order chi connectivity index (χ0) is 13.8. The predicted octanol–water partition coefficient (Wildman–Crippen LogP) is 0.617. The van der Waals surface area contributed by atoms with E-state index in [1.165, 1.54) is 12.1 Å². The van der Waals surface area contributed by atoms with E-state index in [-0.39, 0.29) is 17.0 Å². The van der Waals surface area contributed by atoms with Crippen molar-refractivity contribution in [1.29, 1.82) is 0 Å². The van der Waals surface area contributed by atoms with Crippen LogP contribution in [0.1, 0.15) is 16.8 Å². The highest BCUT2D eigenvalue weighted by atomic mass is 127. The van der Waals surface area contributed by atoms with Crippen molar-refractivity contribution >= 4 is 38.6 Å². The number of nitrogens with one attached hydrogen (secondary N) is 1. The Morgan fingerprint density at radius 1 is 1.44 bits per heavy atom. The number of sulfonamides is 1. The number of carboxylic acids is 1. The first-order valence-corrected chi connectivity index (χ1v) is 7.67. The second-order valence-electron chi connectivity index (χ2n) is 3.49. The highest BCUT2D eigenvalue weighted by Crippen LogP contribution is 2.17. The molecule has 1 rings (SSSR count). The van der Waals surface area contributed by atoms with Gasteiger partial charge in [-0.15, -0.1) is 0 Å². The van der Waals surface area contributed by atoms with Crippen molar-refractivity contribution in [3.05, 3.63) is 27.3 Å². The third-order valence-electron chi connectivity index (χ3n) is 2.15. The van der Waals surface area contributed by atoms with Crippen LogP contribution in [0, 0.1) is 3.57 Å². The summed E-state index contributed by atoms with van der Waals surface area (Å²) in [5, 5.41) is 8.93. The van der Waals surface area contributed by atoms with E-state index in [4.69, 9.17) is 10.8 Å². The summed E-state index contributed by atoms with van der Waals surface area (Å²) in [4.78, 5) is 10.9. The van der Waals surface area contributed by atoms with Crippen molar-refractivity contribution in [2.24, 2.45) is 5.73 Å². The molecule has 1 aromatic rings. The first-order valence-electron chi connectivity index (χ1n) is 5.11. The van der Waals surface area contributed by atoms with Gasteiger partial charge in [-0.25, -0.2) is 17.9 Å². The van der Waals surface area contributed by atoms with E-state index in [1.807, 2.05) is 22.6 Å². The average molecular weight is 384 g/mol. The van der Waals surface area contributed by atoms with Gasteiger partial charge in [0, 0.05) is 10.1 Å². The summed E-state index contributed by atoms with van der Waals surface area (Å²) in [5.41, 5.74) is 5.24. The van der Waals surface area contributed by atoms with Gasteiger partial charge in [0.25, 0.3) is 0 Å². The van der Waals surface area contributed by atoms with E-state index < -0.39 is 16.0 Å². The van der Waals surface area contributed by atoms with Crippen LogP contribution in [-0.4, -0.2) is 32.6 Å². The number of benzene rings is 1. The Balaban J connectivity index is 3.02. The maximum absolute atomic E-state index is 11.8. The van der Waals surface area contributed by atoms with Crippen molar-refractivity contribution in [1.82, 2.24) is 4.72 Å². The van der Waals surface area contributed by atoms with E-state index in [1.54, 1.807) is 0 Å². The number of hydrogen-bond donors (Lipinski definition) is 3. The molecule has 0 aromatic heterocycles. The van der Waals surface area contributed by atoms with Gasteiger partial charge in [0.15, 0.2) is 0 Å². The Labute approximate surface area is 119 Å². The van der Waals surface area contributed by atoms with Crippen molar-refractivity contribution in [3.8, 4) is 0 Å². The minimum absolute atomic E-state index is 0.0303. The Kier molecular flexibility index (Phi) is 5.50. The van der Waals surface area contributed by atoms with E-state index in [2.05, 4.69) is 4.72 Å². The van der Waals surface area contributed by atoms with Crippen LogP contribution >= 0.6 is 22.6 Å². The molecule has 0 aliphatic carbocycles. The van der Waals surface area contributed by atoms with Crippen LogP contribution in [0.2, 0.25) is 0 Å². The maximum Gasteiger partial charge on any atom is 0.336 e. The summed E-state index contributed by atoms with van der Waals surface area (Å²) in [6, 6.07) is 3.98. The molecule has 0 aliphatic heterocycles. The first kappa shape index (κ1) is 15.3. The number of nitrogens with two attached hydrogens (primary N) is 1. The molecule has 0 amide bonds. The fraction of sp³-hybridized carbons (Fsp3) is 0.300. The van der Waals surface area contributed by atoms with Crippen LogP contribution in [0.3, 0.4) is 0 Å². The van der Waals surface area contributed by atoms with Gasteiger partial charge in [-0.05, 0) is 53.8 Å². The second-order valence-corrected chi connectivity index (χ2v) is 6.42. The fourth-order valence-corrected chi connectivity index (χ4v) is 2.89. The lowest BCUT2D eigenvalue weighted by Crippen LogP contribution is -2.26. The minimum atomic E-state index is -3.68. The van der Waals surface area contributed by atoms with Crippen molar-refractivity contribution in [2.45, 2.75) is 11.3 Å². The molecule has 0 fully saturated rings. The van der Waals surface area contributed by atoms with Gasteiger partial charge in [0.2, 0.25) is 10.0 Å². The molecule has 0 bridgehead atoms. The van der Waals surface area contributed by atoms with Crippen LogP contribution in [-0.2, 0) is 10.0 Å². The molecule has 6 nitrogen and oxygen atoms in total. The Morgan fingerprint density at radius 2 is 2.11 bits per heavy atom. The third kappa shape index (κ3) is 3.90. The Hall–Kier alpha value is -0.710. The summed E-state index contributed by atoms with van der Waals surface area (Å²) < 4.78 is 26.5. The quantitative estimate of drug-likeness (QED) is 0.492. The average Bonchev–Trinajstić information content (AvgIpc) is 2.29. The fourth-order valence-electron chi connectivity index (χ4n) is 1.23. The van der Waals surface area contributed by atoms with Crippen LogP contribution < -0.4 is 10.5 Å². The largest absolute Gasteiger partial charge is 0.478 e. The first-order chi connectivity index (χ1) is 8.38. The molecule has 0 spiro atoms. The molecular weight excluding hydrogens is 371 g/mol. The van der Waals surface area contributed by atoms with Gasteiger partial charge in [0.1, 0.15) is 0 Å². The van der Waals surface area contributed by atoms with Crippen LogP contribution in [0.15, 0.2) is 23.1 Å². The standard InChI is InChI=1S/C10H13IN2O4S/c11-9-3-2-7(6-8(9)10(14)15)18(16,17)13-5-1-4-12/h2-3,6,13H,1,4-5,12H2,(H,14,15). The van der Waals surface area contributed by atoms with Gasteiger partial charge < -0.3 is 10.8 Å². The van der Waals surface area contributed by atoms with Gasteiger partial charge in [-0.2, -0.15) is 0 Å². The molecule has 1 aromatic carbocycles. The summed E-state index contributed by atoms with van der Waals surface area (Å²) in [6.07, 6.45) is 0.523. The third-order valence-corrected chi connectivity index (χ3v) is 4.55. The molecule has 0 heterocycles. The molecule has 100 valence electrons. The molecule has 0 radical (unpaired) electrons. The van der Waals surface area contributed by atoms with E-state index >= 15 is 0 Å². The van der Waals surface area contributed by atoms with Crippen LogP contribution in [0.25, 0.3) is 0 Å². The Morgan fingerprint density at radius 3 is 2.67 bits per heavy atom. The lowest BCUT2D eigenvalue weighted by atomic mass is 10.2. The number of aromatic carboxylic acids is 1. The van der Waals surface area contributed by atoms with Gasteiger partial charge in [-0.1, -0.05) is 0 Å². The molecule has 18 heavy (non-hydrogen) atoms. The number of halogens is 1. The summed E-state index contributed by atoms with van der Waals surface area (Å²) in [6.45, 7) is 0.614. The lowest BCUT2D eigenvalue weighted by molar-refractivity contribution is 0.0695. The Bertz CT molecular complexity index is 545. The lowest BCUT2D eigenvalue weighted by Gasteiger charge is -2.07. The predicted molar refractivity (Wildman–Crippen MR) is 75.0 cm³/mol. The highest BCUT2D eigenvalue weighted by Gasteiger charge is 2.17. The topological polar surface area (TPSA) is 109 Å². The summed E-state index contributed by atoms with van der Waals surface area (Å²) in [7, 11) is -3.68. The monoisotopic (exact) mass is 384 g/mol. The highest BCUT2D eigenvalue weighted by molar-refractivity contribution is 14.1. The van der Waals surface area contributed by atoms with E-state index in [0.717, 1.165) is 6.07 Å². The number of carbonyl (C=O) groups is 1. The molecule has 0 saturated heterocycles. The zero-order valence-corrected chi connectivity index (χ0v) is 12.4. The minimum Gasteiger partial charge on any atom is -0.478 e. The van der Waals surface area contributed by atoms with Crippen LogP contribution in [0.5, 0.6) is 0 Å². The molecular formula is C10H13IN2O4S. The second kappa shape index (κ2) is 6.45. The van der Waals surface area contributed by atoms with Gasteiger partial charge in [-0.3, -0.25) is 0 Å².